The highest BCUT2D eigenvalue weighted by molar-refractivity contribution is 8.00. The minimum absolute atomic E-state index is 0.222. The number of benzene rings is 1. The summed E-state index contributed by atoms with van der Waals surface area (Å²) in [5, 5.41) is 13.5. The maximum absolute atomic E-state index is 12.7. The first kappa shape index (κ1) is 22.9. The molecule has 1 N–H and O–H groups in total. The van der Waals surface area contributed by atoms with Crippen molar-refractivity contribution in [2.24, 2.45) is 11.3 Å². The number of aryl methyl sites for hydroxylation is 1. The van der Waals surface area contributed by atoms with Gasteiger partial charge >= 0.3 is 0 Å². The van der Waals surface area contributed by atoms with Crippen LogP contribution in [0.3, 0.4) is 0 Å². The highest BCUT2D eigenvalue weighted by Gasteiger charge is 2.30. The van der Waals surface area contributed by atoms with Gasteiger partial charge in [-0.2, -0.15) is 5.26 Å². The number of hydrogen-bond donors (Lipinski definition) is 1. The summed E-state index contributed by atoms with van der Waals surface area (Å²) in [5.74, 6) is 0.351. The molecule has 1 heterocycles. The van der Waals surface area contributed by atoms with Crippen LogP contribution in [0, 0.1) is 22.7 Å². The largest absolute Gasteiger partial charge is 0.324 e. The number of hydrogen-bond acceptors (Lipinski definition) is 4. The molecule has 4 nitrogen and oxygen atoms in total. The first-order valence-corrected chi connectivity index (χ1v) is 11.6. The maximum Gasteiger partial charge on any atom is 0.237 e. The minimum atomic E-state index is -0.455. The molecule has 2 aromatic rings. The molecule has 1 aromatic heterocycles. The third-order valence-electron chi connectivity index (χ3n) is 5.54. The van der Waals surface area contributed by atoms with Crippen LogP contribution in [0.25, 0.3) is 0 Å². The number of thioether (sulfide) groups is 1. The number of amides is 1. The van der Waals surface area contributed by atoms with Crippen LogP contribution in [0.4, 0.5) is 5.69 Å². The summed E-state index contributed by atoms with van der Waals surface area (Å²) < 4.78 is 0. The summed E-state index contributed by atoms with van der Waals surface area (Å²) in [6, 6.07) is 9.13. The van der Waals surface area contributed by atoms with Gasteiger partial charge in [0.25, 0.3) is 0 Å². The summed E-state index contributed by atoms with van der Waals surface area (Å²) in [6.07, 6.45) is 2.92. The van der Waals surface area contributed by atoms with Crippen molar-refractivity contribution in [1.29, 1.82) is 5.26 Å². The van der Waals surface area contributed by atoms with E-state index < -0.39 is 5.25 Å². The van der Waals surface area contributed by atoms with Gasteiger partial charge in [0.15, 0.2) is 0 Å². The lowest BCUT2D eigenvalue weighted by atomic mass is 9.71. The highest BCUT2D eigenvalue weighted by Crippen LogP contribution is 2.38. The van der Waals surface area contributed by atoms with Gasteiger partial charge in [0.05, 0.1) is 21.5 Å². The SMILES string of the molecule is CC(Sc1nc2c(cc1C#N)CC(C(C)(C)C)CC2)C(=O)Nc1cc(Cl)ccc1Cl. The zero-order chi connectivity index (χ0) is 22.1. The Hall–Kier alpha value is -1.74. The Morgan fingerprint density at radius 3 is 2.73 bits per heavy atom. The second-order valence-electron chi connectivity index (χ2n) is 8.74. The average molecular weight is 462 g/mol. The Morgan fingerprint density at radius 2 is 2.07 bits per heavy atom. The number of aromatic nitrogens is 1. The Balaban J connectivity index is 1.77. The van der Waals surface area contributed by atoms with Crippen LogP contribution in [0.5, 0.6) is 0 Å². The van der Waals surface area contributed by atoms with E-state index in [0.717, 1.165) is 30.5 Å². The van der Waals surface area contributed by atoms with E-state index in [-0.39, 0.29) is 11.3 Å². The summed E-state index contributed by atoms with van der Waals surface area (Å²) in [4.78, 5) is 17.5. The number of pyridine rings is 1. The van der Waals surface area contributed by atoms with Crippen molar-refractivity contribution in [2.75, 3.05) is 5.32 Å². The molecule has 0 aliphatic heterocycles. The molecule has 2 atom stereocenters. The van der Waals surface area contributed by atoms with E-state index in [1.165, 1.54) is 11.8 Å². The van der Waals surface area contributed by atoms with Crippen molar-refractivity contribution in [1.82, 2.24) is 4.98 Å². The summed E-state index contributed by atoms with van der Waals surface area (Å²) in [6.45, 7) is 8.57. The van der Waals surface area contributed by atoms with Crippen LogP contribution in [-0.2, 0) is 17.6 Å². The summed E-state index contributed by atoms with van der Waals surface area (Å²) in [7, 11) is 0. The molecule has 0 saturated carbocycles. The van der Waals surface area contributed by atoms with Crippen LogP contribution in [-0.4, -0.2) is 16.1 Å². The van der Waals surface area contributed by atoms with E-state index in [9.17, 15) is 10.1 Å². The van der Waals surface area contributed by atoms with Gasteiger partial charge < -0.3 is 5.32 Å². The molecule has 3 rings (SSSR count). The Morgan fingerprint density at radius 1 is 1.33 bits per heavy atom. The lowest BCUT2D eigenvalue weighted by Gasteiger charge is -2.34. The number of fused-ring (bicyclic) bond motifs is 1. The van der Waals surface area contributed by atoms with Crippen molar-refractivity contribution >= 4 is 46.6 Å². The van der Waals surface area contributed by atoms with E-state index >= 15 is 0 Å². The predicted octanol–water partition coefficient (Wildman–Crippen LogP) is 6.53. The molecule has 1 aliphatic rings. The third-order valence-corrected chi connectivity index (χ3v) is 7.21. The fourth-order valence-corrected chi connectivity index (χ4v) is 4.84. The fraction of sp³-hybridized carbons (Fsp3) is 0.435. The molecular weight excluding hydrogens is 437 g/mol. The molecule has 0 saturated heterocycles. The number of rotatable bonds is 4. The quantitative estimate of drug-likeness (QED) is 0.525. The van der Waals surface area contributed by atoms with Gasteiger partial charge in [-0.15, -0.1) is 0 Å². The standard InChI is InChI=1S/C23H25Cl2N3OS/c1-13(21(29)27-20-11-17(24)6-7-18(20)25)30-22-15(12-26)9-14-10-16(23(2,3)4)5-8-19(14)28-22/h6-7,9,11,13,16H,5,8,10H2,1-4H3,(H,27,29). The second-order valence-corrected chi connectivity index (χ2v) is 10.9. The van der Waals surface area contributed by atoms with Gasteiger partial charge in [-0.05, 0) is 67.3 Å². The number of nitrogens with one attached hydrogen (secondary N) is 1. The number of nitrogens with zero attached hydrogens (tertiary/aromatic N) is 2. The summed E-state index contributed by atoms with van der Waals surface area (Å²) >= 11 is 13.4. The fourth-order valence-electron chi connectivity index (χ4n) is 3.60. The molecule has 0 spiro atoms. The minimum Gasteiger partial charge on any atom is -0.324 e. The highest BCUT2D eigenvalue weighted by atomic mass is 35.5. The van der Waals surface area contributed by atoms with Crippen LogP contribution in [0.1, 0.15) is 50.9 Å². The number of nitriles is 1. The lowest BCUT2D eigenvalue weighted by Crippen LogP contribution is -2.28. The van der Waals surface area contributed by atoms with Crippen molar-refractivity contribution in [2.45, 2.75) is 57.2 Å². The van der Waals surface area contributed by atoms with E-state index in [2.05, 4.69) is 32.2 Å². The number of carbonyl (C=O) groups is 1. The number of carbonyl (C=O) groups excluding carboxylic acids is 1. The molecule has 1 aromatic carbocycles. The van der Waals surface area contributed by atoms with E-state index in [0.29, 0.717) is 32.2 Å². The topological polar surface area (TPSA) is 65.8 Å². The molecular formula is C23H25Cl2N3OS. The zero-order valence-electron chi connectivity index (χ0n) is 17.6. The van der Waals surface area contributed by atoms with Crippen LogP contribution < -0.4 is 5.32 Å². The lowest BCUT2D eigenvalue weighted by molar-refractivity contribution is -0.115. The van der Waals surface area contributed by atoms with Crippen molar-refractivity contribution in [3.63, 3.8) is 0 Å². The first-order valence-electron chi connectivity index (χ1n) is 9.94. The van der Waals surface area contributed by atoms with Crippen LogP contribution in [0.15, 0.2) is 29.3 Å². The second kappa shape index (κ2) is 9.18. The zero-order valence-corrected chi connectivity index (χ0v) is 19.9. The van der Waals surface area contributed by atoms with Crippen molar-refractivity contribution in [3.05, 3.63) is 51.1 Å². The van der Waals surface area contributed by atoms with Crippen molar-refractivity contribution < 1.29 is 4.79 Å². The van der Waals surface area contributed by atoms with E-state index in [1.54, 1.807) is 25.1 Å². The smallest absolute Gasteiger partial charge is 0.237 e. The molecule has 1 amide bonds. The van der Waals surface area contributed by atoms with Gasteiger partial charge in [-0.1, -0.05) is 55.7 Å². The molecule has 2 unspecified atom stereocenters. The number of halogens is 2. The van der Waals surface area contributed by atoms with E-state index in [4.69, 9.17) is 28.2 Å². The molecule has 7 heteroatoms. The van der Waals surface area contributed by atoms with Gasteiger partial charge in [-0.3, -0.25) is 4.79 Å². The van der Waals surface area contributed by atoms with Crippen molar-refractivity contribution in [3.8, 4) is 6.07 Å². The van der Waals surface area contributed by atoms with Crippen LogP contribution >= 0.6 is 35.0 Å². The molecule has 0 bridgehead atoms. The molecule has 158 valence electrons. The maximum atomic E-state index is 12.7. The van der Waals surface area contributed by atoms with Gasteiger partial charge in [0.1, 0.15) is 11.1 Å². The molecule has 1 aliphatic carbocycles. The third kappa shape index (κ3) is 5.29. The summed E-state index contributed by atoms with van der Waals surface area (Å²) in [5.41, 5.74) is 3.42. The Kier molecular flexibility index (Phi) is 7.02. The normalized spacial score (nSPS) is 17.0. The van der Waals surface area contributed by atoms with Crippen LogP contribution in [0.2, 0.25) is 10.0 Å². The molecule has 30 heavy (non-hydrogen) atoms. The first-order chi connectivity index (χ1) is 14.1. The monoisotopic (exact) mass is 461 g/mol. The van der Waals surface area contributed by atoms with Gasteiger partial charge in [0, 0.05) is 10.7 Å². The molecule has 0 fully saturated rings. The Bertz CT molecular complexity index is 1010. The average Bonchev–Trinajstić information content (AvgIpc) is 2.69. The predicted molar refractivity (Wildman–Crippen MR) is 124 cm³/mol. The Labute approximate surface area is 192 Å². The number of anilines is 1. The van der Waals surface area contributed by atoms with Gasteiger partial charge in [0.2, 0.25) is 5.91 Å². The van der Waals surface area contributed by atoms with E-state index in [1.807, 2.05) is 6.07 Å². The van der Waals surface area contributed by atoms with Gasteiger partial charge in [-0.25, -0.2) is 4.98 Å². The molecule has 0 radical (unpaired) electrons.